The molecule has 0 aliphatic carbocycles. The number of hydrazone groups is 1. The molecular weight excluding hydrogens is 252 g/mol. The van der Waals surface area contributed by atoms with Gasteiger partial charge < -0.3 is 4.74 Å². The summed E-state index contributed by atoms with van der Waals surface area (Å²) in [6, 6.07) is 9.12. The van der Waals surface area contributed by atoms with Gasteiger partial charge in [-0.25, -0.2) is 9.97 Å². The SMILES string of the molecule is COc1ccc(C=NNc2cc(Cl)ncn2)cc1. The number of anilines is 1. The monoisotopic (exact) mass is 262 g/mol. The normalized spacial score (nSPS) is 10.6. The molecule has 0 fully saturated rings. The molecule has 0 amide bonds. The predicted molar refractivity (Wildman–Crippen MR) is 71.3 cm³/mol. The number of nitrogens with zero attached hydrogens (tertiary/aromatic N) is 3. The highest BCUT2D eigenvalue weighted by atomic mass is 35.5. The summed E-state index contributed by atoms with van der Waals surface area (Å²) in [6.45, 7) is 0. The maximum atomic E-state index is 5.72. The summed E-state index contributed by atoms with van der Waals surface area (Å²) in [6.07, 6.45) is 3.04. The average molecular weight is 263 g/mol. The molecule has 2 aromatic rings. The molecule has 18 heavy (non-hydrogen) atoms. The van der Waals surface area contributed by atoms with Crippen LogP contribution in [0.25, 0.3) is 0 Å². The van der Waals surface area contributed by atoms with E-state index in [9.17, 15) is 0 Å². The molecule has 1 N–H and O–H groups in total. The Morgan fingerprint density at radius 3 is 2.72 bits per heavy atom. The minimum atomic E-state index is 0.368. The fraction of sp³-hybridized carbons (Fsp3) is 0.0833. The first kappa shape index (κ1) is 12.3. The van der Waals surface area contributed by atoms with E-state index in [-0.39, 0.29) is 0 Å². The molecule has 0 atom stereocenters. The summed E-state index contributed by atoms with van der Waals surface area (Å²) >= 11 is 5.72. The minimum absolute atomic E-state index is 0.368. The lowest BCUT2D eigenvalue weighted by Crippen LogP contribution is -1.94. The summed E-state index contributed by atoms with van der Waals surface area (Å²) < 4.78 is 5.06. The number of hydrogen-bond donors (Lipinski definition) is 1. The van der Waals surface area contributed by atoms with Crippen LogP contribution in [-0.2, 0) is 0 Å². The van der Waals surface area contributed by atoms with Gasteiger partial charge in [0.15, 0.2) is 5.82 Å². The summed E-state index contributed by atoms with van der Waals surface area (Å²) in [5, 5.41) is 4.41. The van der Waals surface area contributed by atoms with Gasteiger partial charge in [-0.05, 0) is 29.8 Å². The Morgan fingerprint density at radius 1 is 1.28 bits per heavy atom. The number of aromatic nitrogens is 2. The van der Waals surface area contributed by atoms with Gasteiger partial charge in [-0.3, -0.25) is 5.43 Å². The molecule has 0 saturated carbocycles. The zero-order valence-corrected chi connectivity index (χ0v) is 10.4. The van der Waals surface area contributed by atoms with Gasteiger partial charge in [0.05, 0.1) is 13.3 Å². The maximum Gasteiger partial charge on any atom is 0.151 e. The number of methoxy groups -OCH3 is 1. The first-order valence-electron chi connectivity index (χ1n) is 5.18. The molecule has 92 valence electrons. The van der Waals surface area contributed by atoms with Crippen molar-refractivity contribution in [2.45, 2.75) is 0 Å². The number of hydrogen-bond acceptors (Lipinski definition) is 5. The van der Waals surface area contributed by atoms with Crippen molar-refractivity contribution in [2.24, 2.45) is 5.10 Å². The van der Waals surface area contributed by atoms with Crippen LogP contribution in [0.3, 0.4) is 0 Å². The zero-order chi connectivity index (χ0) is 12.8. The molecule has 1 aromatic heterocycles. The molecule has 0 aliphatic heterocycles. The first-order valence-corrected chi connectivity index (χ1v) is 5.56. The molecule has 0 spiro atoms. The number of rotatable bonds is 4. The summed E-state index contributed by atoms with van der Waals surface area (Å²) in [4.78, 5) is 7.73. The molecule has 0 saturated heterocycles. The van der Waals surface area contributed by atoms with E-state index in [0.29, 0.717) is 11.0 Å². The smallest absolute Gasteiger partial charge is 0.151 e. The van der Waals surface area contributed by atoms with Crippen LogP contribution in [0, 0.1) is 0 Å². The summed E-state index contributed by atoms with van der Waals surface area (Å²) in [5.41, 5.74) is 3.71. The zero-order valence-electron chi connectivity index (χ0n) is 9.67. The van der Waals surface area contributed by atoms with Crippen LogP contribution in [0.1, 0.15) is 5.56 Å². The van der Waals surface area contributed by atoms with E-state index in [1.54, 1.807) is 19.4 Å². The molecule has 5 nitrogen and oxygen atoms in total. The Morgan fingerprint density at radius 2 is 2.06 bits per heavy atom. The highest BCUT2D eigenvalue weighted by Gasteiger charge is 1.94. The molecule has 1 heterocycles. The number of benzene rings is 1. The Kier molecular flexibility index (Phi) is 4.09. The molecule has 2 rings (SSSR count). The van der Waals surface area contributed by atoms with Gasteiger partial charge in [-0.2, -0.15) is 5.10 Å². The topological polar surface area (TPSA) is 59.4 Å². The van der Waals surface area contributed by atoms with Gasteiger partial charge >= 0.3 is 0 Å². The number of ether oxygens (including phenoxy) is 1. The largest absolute Gasteiger partial charge is 0.497 e. The maximum absolute atomic E-state index is 5.72. The second-order valence-electron chi connectivity index (χ2n) is 3.37. The molecule has 0 bridgehead atoms. The van der Waals surface area contributed by atoms with Crippen LogP contribution in [0.2, 0.25) is 5.15 Å². The van der Waals surface area contributed by atoms with E-state index < -0.39 is 0 Å². The van der Waals surface area contributed by atoms with E-state index in [1.807, 2.05) is 24.3 Å². The Balaban J connectivity index is 1.98. The van der Waals surface area contributed by atoms with Crippen molar-refractivity contribution >= 4 is 23.6 Å². The number of halogens is 1. The van der Waals surface area contributed by atoms with Gasteiger partial charge in [0.1, 0.15) is 17.2 Å². The standard InChI is InChI=1S/C12H11ClN4O/c1-18-10-4-2-9(3-5-10)7-16-17-12-6-11(13)14-8-15-12/h2-8H,1H3,(H,14,15,17). The van der Waals surface area contributed by atoms with Crippen molar-refractivity contribution in [2.75, 3.05) is 12.5 Å². The van der Waals surface area contributed by atoms with Crippen molar-refractivity contribution in [3.8, 4) is 5.75 Å². The first-order chi connectivity index (χ1) is 8.78. The average Bonchev–Trinajstić information content (AvgIpc) is 2.40. The lowest BCUT2D eigenvalue weighted by molar-refractivity contribution is 0.415. The summed E-state index contributed by atoms with van der Waals surface area (Å²) in [7, 11) is 1.63. The lowest BCUT2D eigenvalue weighted by atomic mass is 10.2. The van der Waals surface area contributed by atoms with Crippen LogP contribution in [0.5, 0.6) is 5.75 Å². The lowest BCUT2D eigenvalue weighted by Gasteiger charge is -2.00. The summed E-state index contributed by atoms with van der Waals surface area (Å²) in [5.74, 6) is 1.35. The van der Waals surface area contributed by atoms with Crippen LogP contribution in [-0.4, -0.2) is 23.3 Å². The van der Waals surface area contributed by atoms with Crippen LogP contribution in [0.15, 0.2) is 41.8 Å². The van der Waals surface area contributed by atoms with Gasteiger partial charge in [0.2, 0.25) is 0 Å². The second kappa shape index (κ2) is 5.97. The predicted octanol–water partition coefficient (Wildman–Crippen LogP) is 2.58. The van der Waals surface area contributed by atoms with Gasteiger partial charge in [0.25, 0.3) is 0 Å². The van der Waals surface area contributed by atoms with E-state index in [2.05, 4.69) is 20.5 Å². The van der Waals surface area contributed by atoms with Gasteiger partial charge in [0, 0.05) is 6.07 Å². The van der Waals surface area contributed by atoms with Crippen LogP contribution >= 0.6 is 11.6 Å². The Bertz CT molecular complexity index is 542. The highest BCUT2D eigenvalue weighted by Crippen LogP contribution is 2.10. The van der Waals surface area contributed by atoms with E-state index in [1.165, 1.54) is 6.33 Å². The minimum Gasteiger partial charge on any atom is -0.497 e. The van der Waals surface area contributed by atoms with Crippen molar-refractivity contribution in [3.05, 3.63) is 47.4 Å². The van der Waals surface area contributed by atoms with E-state index >= 15 is 0 Å². The van der Waals surface area contributed by atoms with Crippen LogP contribution < -0.4 is 10.2 Å². The van der Waals surface area contributed by atoms with Crippen LogP contribution in [0.4, 0.5) is 5.82 Å². The highest BCUT2D eigenvalue weighted by molar-refractivity contribution is 6.29. The molecule has 0 aliphatic rings. The van der Waals surface area contributed by atoms with Gasteiger partial charge in [-0.15, -0.1) is 0 Å². The van der Waals surface area contributed by atoms with E-state index in [0.717, 1.165) is 11.3 Å². The third-order valence-corrected chi connectivity index (χ3v) is 2.35. The van der Waals surface area contributed by atoms with Crippen molar-refractivity contribution in [1.82, 2.24) is 9.97 Å². The molecule has 1 aromatic carbocycles. The molecule has 0 unspecified atom stereocenters. The second-order valence-corrected chi connectivity index (χ2v) is 3.76. The third-order valence-electron chi connectivity index (χ3n) is 2.14. The molecule has 6 heteroatoms. The fourth-order valence-electron chi connectivity index (χ4n) is 1.26. The van der Waals surface area contributed by atoms with E-state index in [4.69, 9.17) is 16.3 Å². The third kappa shape index (κ3) is 3.43. The molecule has 0 radical (unpaired) electrons. The molecular formula is C12H11ClN4O. The Hall–Kier alpha value is -2.14. The quantitative estimate of drug-likeness (QED) is 0.523. The number of nitrogens with one attached hydrogen (secondary N) is 1. The van der Waals surface area contributed by atoms with Crippen molar-refractivity contribution in [3.63, 3.8) is 0 Å². The van der Waals surface area contributed by atoms with Gasteiger partial charge in [-0.1, -0.05) is 11.6 Å². The Labute approximate surface area is 109 Å². The van der Waals surface area contributed by atoms with Crippen molar-refractivity contribution in [1.29, 1.82) is 0 Å². The fourth-order valence-corrected chi connectivity index (χ4v) is 1.40. The van der Waals surface area contributed by atoms with Crippen molar-refractivity contribution < 1.29 is 4.74 Å².